The molecular weight excluding hydrogens is 346 g/mol. The fourth-order valence-corrected chi connectivity index (χ4v) is 3.94. The summed E-state index contributed by atoms with van der Waals surface area (Å²) in [6, 6.07) is 7.28. The largest absolute Gasteiger partial charge is 0.339 e. The molecule has 5 nitrogen and oxygen atoms in total. The van der Waals surface area contributed by atoms with E-state index in [0.29, 0.717) is 10.7 Å². The summed E-state index contributed by atoms with van der Waals surface area (Å²) in [4.78, 5) is 26.6. The smallest absolute Gasteiger partial charge is 0.253 e. The summed E-state index contributed by atoms with van der Waals surface area (Å²) in [6.07, 6.45) is 8.71. The van der Waals surface area contributed by atoms with Crippen molar-refractivity contribution in [1.82, 2.24) is 10.2 Å². The van der Waals surface area contributed by atoms with E-state index >= 15 is 0 Å². The molecule has 0 bridgehead atoms. The summed E-state index contributed by atoms with van der Waals surface area (Å²) in [5.74, 6) is 0.177. The molecule has 1 aliphatic heterocycles. The maximum absolute atomic E-state index is 12.5. The number of hydrogen-bond donors (Lipinski definition) is 2. The van der Waals surface area contributed by atoms with Crippen LogP contribution in [0.5, 0.6) is 0 Å². The van der Waals surface area contributed by atoms with Crippen molar-refractivity contribution in [3.05, 3.63) is 29.8 Å². The summed E-state index contributed by atoms with van der Waals surface area (Å²) in [5.41, 5.74) is 1.46. The van der Waals surface area contributed by atoms with Crippen molar-refractivity contribution in [2.24, 2.45) is 5.92 Å². The number of anilines is 1. The average Bonchev–Trinajstić information content (AvgIpc) is 2.69. The monoisotopic (exact) mass is 373 g/mol. The van der Waals surface area contributed by atoms with Gasteiger partial charge in [0.1, 0.15) is 0 Å². The van der Waals surface area contributed by atoms with Crippen molar-refractivity contribution in [1.29, 1.82) is 0 Å². The van der Waals surface area contributed by atoms with Gasteiger partial charge < -0.3 is 15.5 Å². The Morgan fingerprint density at radius 1 is 0.923 bits per heavy atom. The fraction of sp³-hybridized carbons (Fsp3) is 0.550. The number of amides is 2. The van der Waals surface area contributed by atoms with E-state index in [-0.39, 0.29) is 17.7 Å². The summed E-state index contributed by atoms with van der Waals surface area (Å²) < 4.78 is 0. The van der Waals surface area contributed by atoms with E-state index in [9.17, 15) is 9.59 Å². The fourth-order valence-electron chi connectivity index (χ4n) is 3.72. The van der Waals surface area contributed by atoms with E-state index in [0.717, 1.165) is 57.3 Å². The van der Waals surface area contributed by atoms with Gasteiger partial charge in [-0.15, -0.1) is 0 Å². The highest BCUT2D eigenvalue weighted by atomic mass is 32.1. The Morgan fingerprint density at radius 3 is 2.19 bits per heavy atom. The van der Waals surface area contributed by atoms with E-state index in [1.54, 1.807) is 0 Å². The molecule has 26 heavy (non-hydrogen) atoms. The molecule has 0 spiro atoms. The van der Waals surface area contributed by atoms with Crippen LogP contribution >= 0.6 is 12.2 Å². The molecule has 1 aliphatic carbocycles. The van der Waals surface area contributed by atoms with Gasteiger partial charge in [-0.25, -0.2) is 0 Å². The third-order valence-electron chi connectivity index (χ3n) is 5.25. The topological polar surface area (TPSA) is 61.4 Å². The first-order valence-corrected chi connectivity index (χ1v) is 10.1. The minimum atomic E-state index is 0.0131. The van der Waals surface area contributed by atoms with Crippen LogP contribution in [-0.4, -0.2) is 34.9 Å². The molecule has 140 valence electrons. The second-order valence-corrected chi connectivity index (χ2v) is 7.62. The number of thiocarbonyl (C=S) groups is 1. The predicted molar refractivity (Wildman–Crippen MR) is 107 cm³/mol. The van der Waals surface area contributed by atoms with Crippen LogP contribution < -0.4 is 10.6 Å². The SMILES string of the molecule is O=C(NC(=S)Nc1ccc(C(=O)N2CCCCC2)cc1)C1CCCCC1. The van der Waals surface area contributed by atoms with Crippen molar-refractivity contribution in [2.45, 2.75) is 51.4 Å². The molecule has 3 rings (SSSR count). The highest BCUT2D eigenvalue weighted by molar-refractivity contribution is 7.80. The lowest BCUT2D eigenvalue weighted by Gasteiger charge is -2.26. The third-order valence-corrected chi connectivity index (χ3v) is 5.45. The Labute approximate surface area is 160 Å². The van der Waals surface area contributed by atoms with E-state index in [1.807, 2.05) is 29.2 Å². The van der Waals surface area contributed by atoms with Gasteiger partial charge in [-0.05, 0) is 68.6 Å². The van der Waals surface area contributed by atoms with E-state index in [4.69, 9.17) is 12.2 Å². The molecule has 2 fully saturated rings. The zero-order valence-electron chi connectivity index (χ0n) is 15.1. The molecule has 2 amide bonds. The lowest BCUT2D eigenvalue weighted by molar-refractivity contribution is -0.124. The first-order valence-electron chi connectivity index (χ1n) is 9.64. The molecule has 6 heteroatoms. The summed E-state index contributed by atoms with van der Waals surface area (Å²) in [5, 5.41) is 6.14. The van der Waals surface area contributed by atoms with Gasteiger partial charge in [0.05, 0.1) is 0 Å². The Bertz CT molecular complexity index is 648. The first-order chi connectivity index (χ1) is 12.6. The second kappa shape index (κ2) is 9.12. The van der Waals surface area contributed by atoms with E-state index in [2.05, 4.69) is 10.6 Å². The number of nitrogens with zero attached hydrogens (tertiary/aromatic N) is 1. The van der Waals surface area contributed by atoms with Crippen LogP contribution in [0, 0.1) is 5.92 Å². The average molecular weight is 374 g/mol. The molecule has 0 atom stereocenters. The molecule has 1 saturated heterocycles. The van der Waals surface area contributed by atoms with Gasteiger partial charge in [-0.1, -0.05) is 19.3 Å². The van der Waals surface area contributed by atoms with Gasteiger partial charge in [0.25, 0.3) is 5.91 Å². The van der Waals surface area contributed by atoms with Crippen LogP contribution in [0.25, 0.3) is 0 Å². The summed E-state index contributed by atoms with van der Waals surface area (Å²) in [7, 11) is 0. The maximum atomic E-state index is 12.5. The molecule has 1 heterocycles. The van der Waals surface area contributed by atoms with Gasteiger partial charge >= 0.3 is 0 Å². The van der Waals surface area contributed by atoms with Crippen LogP contribution in [0.3, 0.4) is 0 Å². The lowest BCUT2D eigenvalue weighted by Crippen LogP contribution is -2.39. The van der Waals surface area contributed by atoms with Gasteiger partial charge in [0.15, 0.2) is 5.11 Å². The summed E-state index contributed by atoms with van der Waals surface area (Å²) >= 11 is 5.25. The number of nitrogens with one attached hydrogen (secondary N) is 2. The van der Waals surface area contributed by atoms with Crippen molar-refractivity contribution in [3.63, 3.8) is 0 Å². The highest BCUT2D eigenvalue weighted by Gasteiger charge is 2.22. The van der Waals surface area contributed by atoms with Crippen LogP contribution in [0.15, 0.2) is 24.3 Å². The van der Waals surface area contributed by atoms with Crippen LogP contribution in [0.2, 0.25) is 0 Å². The van der Waals surface area contributed by atoms with Crippen LogP contribution in [-0.2, 0) is 4.79 Å². The lowest BCUT2D eigenvalue weighted by atomic mass is 9.89. The number of benzene rings is 1. The normalized spacial score (nSPS) is 18.2. The van der Waals surface area contributed by atoms with E-state index < -0.39 is 0 Å². The molecule has 1 aromatic rings. The molecule has 0 unspecified atom stereocenters. The Morgan fingerprint density at radius 2 is 1.54 bits per heavy atom. The van der Waals surface area contributed by atoms with Crippen LogP contribution in [0.4, 0.5) is 5.69 Å². The van der Waals surface area contributed by atoms with Gasteiger partial charge in [0, 0.05) is 30.3 Å². The highest BCUT2D eigenvalue weighted by Crippen LogP contribution is 2.23. The minimum absolute atomic E-state index is 0.0131. The Balaban J connectivity index is 1.50. The number of rotatable bonds is 3. The van der Waals surface area contributed by atoms with Crippen molar-refractivity contribution in [3.8, 4) is 0 Å². The molecule has 2 N–H and O–H groups in total. The molecular formula is C20H27N3O2S. The van der Waals surface area contributed by atoms with Gasteiger partial charge in [0.2, 0.25) is 5.91 Å². The van der Waals surface area contributed by atoms with Crippen molar-refractivity contribution in [2.75, 3.05) is 18.4 Å². The number of hydrogen-bond acceptors (Lipinski definition) is 3. The Hall–Kier alpha value is -1.95. The molecule has 0 aromatic heterocycles. The molecule has 1 aromatic carbocycles. The number of piperidine rings is 1. The zero-order chi connectivity index (χ0) is 18.4. The summed E-state index contributed by atoms with van der Waals surface area (Å²) in [6.45, 7) is 1.69. The molecule has 0 radical (unpaired) electrons. The second-order valence-electron chi connectivity index (χ2n) is 7.21. The maximum Gasteiger partial charge on any atom is 0.253 e. The van der Waals surface area contributed by atoms with Crippen molar-refractivity contribution >= 4 is 34.8 Å². The predicted octanol–water partition coefficient (Wildman–Crippen LogP) is 3.71. The molecule has 2 aliphatic rings. The number of carbonyl (C=O) groups is 2. The number of carbonyl (C=O) groups excluding carboxylic acids is 2. The quantitative estimate of drug-likeness (QED) is 0.793. The van der Waals surface area contributed by atoms with Gasteiger partial charge in [-0.3, -0.25) is 9.59 Å². The minimum Gasteiger partial charge on any atom is -0.339 e. The van der Waals surface area contributed by atoms with E-state index in [1.165, 1.54) is 12.8 Å². The Kier molecular flexibility index (Phi) is 6.61. The van der Waals surface area contributed by atoms with Crippen molar-refractivity contribution < 1.29 is 9.59 Å². The van der Waals surface area contributed by atoms with Gasteiger partial charge in [-0.2, -0.15) is 0 Å². The third kappa shape index (κ3) is 5.04. The molecule has 1 saturated carbocycles. The zero-order valence-corrected chi connectivity index (χ0v) is 15.9. The standard InChI is InChI=1S/C20H27N3O2S/c24-18(15-7-3-1-4-8-15)22-20(26)21-17-11-9-16(10-12-17)19(25)23-13-5-2-6-14-23/h9-12,15H,1-8,13-14H2,(H2,21,22,24,26). The van der Waals surface area contributed by atoms with Crippen LogP contribution in [0.1, 0.15) is 61.7 Å². The number of likely N-dealkylation sites (tertiary alicyclic amines) is 1. The first kappa shape index (κ1) is 18.8.